The summed E-state index contributed by atoms with van der Waals surface area (Å²) in [7, 11) is 0. The molecule has 1 atom stereocenters. The van der Waals surface area contributed by atoms with Gasteiger partial charge in [0.1, 0.15) is 0 Å². The van der Waals surface area contributed by atoms with Gasteiger partial charge in [0.15, 0.2) is 5.13 Å². The lowest BCUT2D eigenvalue weighted by Gasteiger charge is -2.19. The summed E-state index contributed by atoms with van der Waals surface area (Å²) in [5.74, 6) is -0.556. The summed E-state index contributed by atoms with van der Waals surface area (Å²) < 4.78 is 0. The molecule has 5 nitrogen and oxygen atoms in total. The minimum Gasteiger partial charge on any atom is -0.345 e. The molecule has 0 spiro atoms. The molecule has 0 fully saturated rings. The first-order chi connectivity index (χ1) is 12.6. The number of rotatable bonds is 6. The number of amides is 2. The Morgan fingerprint density at radius 3 is 2.50 bits per heavy atom. The largest absolute Gasteiger partial charge is 0.345 e. The first-order valence-corrected chi connectivity index (χ1v) is 9.19. The highest BCUT2D eigenvalue weighted by Crippen LogP contribution is 2.21. The Kier molecular flexibility index (Phi) is 5.99. The van der Waals surface area contributed by atoms with E-state index in [1.807, 2.05) is 30.3 Å². The van der Waals surface area contributed by atoms with E-state index in [1.165, 1.54) is 11.3 Å². The van der Waals surface area contributed by atoms with Gasteiger partial charge in [-0.05, 0) is 17.7 Å². The van der Waals surface area contributed by atoms with E-state index < -0.39 is 6.04 Å². The van der Waals surface area contributed by atoms with Crippen molar-refractivity contribution in [2.75, 3.05) is 5.32 Å². The van der Waals surface area contributed by atoms with Crippen LogP contribution in [-0.2, 0) is 4.79 Å². The third-order valence-corrected chi connectivity index (χ3v) is 4.71. The molecule has 0 bridgehead atoms. The van der Waals surface area contributed by atoms with Crippen LogP contribution in [0, 0.1) is 0 Å². The average Bonchev–Trinajstić information content (AvgIpc) is 3.15. The number of thiazole rings is 1. The van der Waals surface area contributed by atoms with E-state index in [4.69, 9.17) is 11.6 Å². The maximum absolute atomic E-state index is 12.6. The van der Waals surface area contributed by atoms with E-state index in [0.29, 0.717) is 15.7 Å². The van der Waals surface area contributed by atoms with Crippen molar-refractivity contribution in [1.29, 1.82) is 0 Å². The van der Waals surface area contributed by atoms with Crippen LogP contribution in [0.4, 0.5) is 5.13 Å². The summed E-state index contributed by atoms with van der Waals surface area (Å²) in [4.78, 5) is 29.0. The van der Waals surface area contributed by atoms with Crippen LogP contribution in [0.25, 0.3) is 0 Å². The predicted molar refractivity (Wildman–Crippen MR) is 103 cm³/mol. The van der Waals surface area contributed by atoms with Crippen LogP contribution in [-0.4, -0.2) is 16.8 Å². The summed E-state index contributed by atoms with van der Waals surface area (Å²) in [5, 5.41) is 8.31. The van der Waals surface area contributed by atoms with Crippen LogP contribution in [0.3, 0.4) is 0 Å². The van der Waals surface area contributed by atoms with Gasteiger partial charge in [0.2, 0.25) is 5.91 Å². The van der Waals surface area contributed by atoms with Gasteiger partial charge in [-0.1, -0.05) is 54.1 Å². The molecule has 0 saturated heterocycles. The fourth-order valence-corrected chi connectivity index (χ4v) is 3.23. The van der Waals surface area contributed by atoms with E-state index in [2.05, 4.69) is 15.6 Å². The van der Waals surface area contributed by atoms with Crippen molar-refractivity contribution in [2.24, 2.45) is 0 Å². The number of carbonyl (C=O) groups excluding carboxylic acids is 2. The van der Waals surface area contributed by atoms with Crippen LogP contribution in [0.2, 0.25) is 5.02 Å². The normalized spacial score (nSPS) is 11.6. The molecule has 0 aliphatic heterocycles. The first-order valence-electron chi connectivity index (χ1n) is 7.93. The number of benzene rings is 2. The van der Waals surface area contributed by atoms with E-state index in [-0.39, 0.29) is 18.2 Å². The zero-order valence-electron chi connectivity index (χ0n) is 13.7. The van der Waals surface area contributed by atoms with E-state index in [0.717, 1.165) is 5.56 Å². The highest BCUT2D eigenvalue weighted by atomic mass is 35.5. The van der Waals surface area contributed by atoms with Crippen molar-refractivity contribution in [3.05, 3.63) is 82.3 Å². The Balaban J connectivity index is 1.76. The number of aromatic nitrogens is 1. The number of anilines is 1. The van der Waals surface area contributed by atoms with E-state index in [9.17, 15) is 9.59 Å². The third kappa shape index (κ3) is 4.68. The molecule has 0 saturated carbocycles. The molecule has 3 aromatic rings. The number of hydrogen-bond acceptors (Lipinski definition) is 4. The Morgan fingerprint density at radius 1 is 1.08 bits per heavy atom. The fourth-order valence-electron chi connectivity index (χ4n) is 2.46. The molecule has 1 heterocycles. The first kappa shape index (κ1) is 18.1. The fraction of sp³-hybridized carbons (Fsp3) is 0.105. The molecule has 2 aromatic carbocycles. The Hall–Kier alpha value is -2.70. The van der Waals surface area contributed by atoms with E-state index >= 15 is 0 Å². The molecule has 132 valence electrons. The van der Waals surface area contributed by atoms with Crippen LogP contribution in [0.15, 0.2) is 66.2 Å². The molecule has 0 aliphatic rings. The maximum atomic E-state index is 12.6. The lowest BCUT2D eigenvalue weighted by Crippen LogP contribution is -2.31. The van der Waals surface area contributed by atoms with Crippen LogP contribution >= 0.6 is 22.9 Å². The number of carbonyl (C=O) groups is 2. The molecule has 0 aliphatic carbocycles. The van der Waals surface area contributed by atoms with Crippen LogP contribution < -0.4 is 10.6 Å². The summed E-state index contributed by atoms with van der Waals surface area (Å²) in [6.07, 6.45) is 1.70. The Bertz CT molecular complexity index is 885. The molecule has 26 heavy (non-hydrogen) atoms. The van der Waals surface area contributed by atoms with Crippen LogP contribution in [0.1, 0.15) is 28.4 Å². The SMILES string of the molecule is O=C(C[C@@H](NC(=O)c1ccccc1Cl)c1ccccc1)Nc1nccs1. The summed E-state index contributed by atoms with van der Waals surface area (Å²) in [6, 6.07) is 15.7. The van der Waals surface area contributed by atoms with E-state index in [1.54, 1.807) is 35.8 Å². The second-order valence-corrected chi connectivity index (χ2v) is 6.81. The Morgan fingerprint density at radius 2 is 1.81 bits per heavy atom. The van der Waals surface area contributed by atoms with Crippen molar-refractivity contribution < 1.29 is 9.59 Å². The Labute approximate surface area is 160 Å². The molecule has 2 N–H and O–H groups in total. The molecule has 3 rings (SSSR count). The van der Waals surface area contributed by atoms with Crippen molar-refractivity contribution >= 4 is 39.9 Å². The van der Waals surface area contributed by atoms with Crippen LogP contribution in [0.5, 0.6) is 0 Å². The molecule has 0 unspecified atom stereocenters. The second-order valence-electron chi connectivity index (χ2n) is 5.51. The summed E-state index contributed by atoms with van der Waals surface area (Å²) in [6.45, 7) is 0. The van der Waals surface area contributed by atoms with Crippen molar-refractivity contribution in [1.82, 2.24) is 10.3 Å². The van der Waals surface area contributed by atoms with Gasteiger partial charge in [0.25, 0.3) is 5.91 Å². The number of nitrogens with one attached hydrogen (secondary N) is 2. The standard InChI is InChI=1S/C19H16ClN3O2S/c20-15-9-5-4-8-14(15)18(25)22-16(13-6-2-1-3-7-13)12-17(24)23-19-21-10-11-26-19/h1-11,16H,12H2,(H,22,25)(H,21,23,24)/t16-/m1/s1. The highest BCUT2D eigenvalue weighted by molar-refractivity contribution is 7.13. The predicted octanol–water partition coefficient (Wildman–Crippen LogP) is 4.30. The highest BCUT2D eigenvalue weighted by Gasteiger charge is 2.20. The third-order valence-electron chi connectivity index (χ3n) is 3.69. The van der Waals surface area contributed by atoms with Gasteiger partial charge in [0, 0.05) is 11.6 Å². The lowest BCUT2D eigenvalue weighted by molar-refractivity contribution is -0.116. The maximum Gasteiger partial charge on any atom is 0.253 e. The van der Waals surface area contributed by atoms with Crippen molar-refractivity contribution in [2.45, 2.75) is 12.5 Å². The van der Waals surface area contributed by atoms with Gasteiger partial charge in [-0.2, -0.15) is 0 Å². The van der Waals surface area contributed by atoms with Gasteiger partial charge in [-0.25, -0.2) is 4.98 Å². The smallest absolute Gasteiger partial charge is 0.253 e. The topological polar surface area (TPSA) is 71.1 Å². The summed E-state index contributed by atoms with van der Waals surface area (Å²) >= 11 is 7.44. The van der Waals surface area contributed by atoms with Gasteiger partial charge in [0.05, 0.1) is 23.0 Å². The summed E-state index contributed by atoms with van der Waals surface area (Å²) in [5.41, 5.74) is 1.21. The quantitative estimate of drug-likeness (QED) is 0.664. The molecule has 7 heteroatoms. The van der Waals surface area contributed by atoms with Gasteiger partial charge in [-0.15, -0.1) is 11.3 Å². The number of hydrogen-bond donors (Lipinski definition) is 2. The van der Waals surface area contributed by atoms with Gasteiger partial charge in [-0.3, -0.25) is 9.59 Å². The second kappa shape index (κ2) is 8.60. The molecular formula is C19H16ClN3O2S. The molecule has 2 amide bonds. The zero-order chi connectivity index (χ0) is 18.4. The lowest BCUT2D eigenvalue weighted by atomic mass is 10.0. The monoisotopic (exact) mass is 385 g/mol. The molecule has 0 radical (unpaired) electrons. The zero-order valence-corrected chi connectivity index (χ0v) is 15.3. The van der Waals surface area contributed by atoms with Crippen molar-refractivity contribution in [3.63, 3.8) is 0 Å². The molecular weight excluding hydrogens is 370 g/mol. The number of halogens is 1. The number of nitrogens with zero attached hydrogens (tertiary/aromatic N) is 1. The minimum atomic E-state index is -0.486. The minimum absolute atomic E-state index is 0.0831. The van der Waals surface area contributed by atoms with Gasteiger partial charge >= 0.3 is 0 Å². The molecule has 1 aromatic heterocycles. The van der Waals surface area contributed by atoms with Gasteiger partial charge < -0.3 is 10.6 Å². The van der Waals surface area contributed by atoms with Crippen molar-refractivity contribution in [3.8, 4) is 0 Å². The average molecular weight is 386 g/mol.